The number of hydrogen-bond acceptors (Lipinski definition) is 4. The van der Waals surface area contributed by atoms with Crippen LogP contribution in [0.15, 0.2) is 84.8 Å². The van der Waals surface area contributed by atoms with Crippen molar-refractivity contribution < 1.29 is 9.59 Å². The SMILES string of the molecule is C[C@@H](c1ccccc1)n1cc(C(=O)NC2=CCC(=O)C(c3cc4cc(CN5CCCCC5)ccc4[nH]3)=C2)cn1. The van der Waals surface area contributed by atoms with Crippen LogP contribution in [0.1, 0.15) is 65.8 Å². The number of aromatic nitrogens is 3. The number of allylic oxidation sites excluding steroid dienone is 3. The molecule has 0 unspecified atom stereocenters. The van der Waals surface area contributed by atoms with Gasteiger partial charge in [0.05, 0.1) is 23.5 Å². The second-order valence-corrected chi connectivity index (χ2v) is 10.5. The molecule has 0 radical (unpaired) electrons. The van der Waals surface area contributed by atoms with Crippen LogP contribution in [-0.4, -0.2) is 44.4 Å². The van der Waals surface area contributed by atoms with Gasteiger partial charge in [0.2, 0.25) is 0 Å². The molecule has 1 aliphatic heterocycles. The highest BCUT2D eigenvalue weighted by Gasteiger charge is 2.21. The topological polar surface area (TPSA) is 83.0 Å². The Morgan fingerprint density at radius 2 is 1.90 bits per heavy atom. The summed E-state index contributed by atoms with van der Waals surface area (Å²) in [5.74, 6) is -0.227. The molecule has 3 heterocycles. The zero-order chi connectivity index (χ0) is 26.8. The fraction of sp³-hybridized carbons (Fsp3) is 0.281. The molecule has 1 amide bonds. The van der Waals surface area contributed by atoms with Gasteiger partial charge in [-0.05, 0) is 68.3 Å². The van der Waals surface area contributed by atoms with Gasteiger partial charge in [-0.15, -0.1) is 0 Å². The number of hydrogen-bond donors (Lipinski definition) is 2. The summed E-state index contributed by atoms with van der Waals surface area (Å²) in [5, 5.41) is 8.46. The molecule has 1 saturated heterocycles. The molecule has 2 aliphatic rings. The van der Waals surface area contributed by atoms with E-state index in [4.69, 9.17) is 0 Å². The maximum atomic E-state index is 13.0. The number of Topliss-reactive ketones (excluding diaryl/α,β-unsaturated/α-hetero) is 1. The number of amides is 1. The number of nitrogens with one attached hydrogen (secondary N) is 2. The van der Waals surface area contributed by atoms with Crippen LogP contribution in [0.5, 0.6) is 0 Å². The van der Waals surface area contributed by atoms with E-state index in [-0.39, 0.29) is 24.2 Å². The Hall–Kier alpha value is -4.23. The molecule has 1 atom stereocenters. The summed E-state index contributed by atoms with van der Waals surface area (Å²) in [4.78, 5) is 31.8. The van der Waals surface area contributed by atoms with E-state index in [9.17, 15) is 9.59 Å². The number of ketones is 1. The number of aromatic amines is 1. The van der Waals surface area contributed by atoms with E-state index >= 15 is 0 Å². The lowest BCUT2D eigenvalue weighted by Gasteiger charge is -2.26. The van der Waals surface area contributed by atoms with Crippen LogP contribution < -0.4 is 5.32 Å². The fourth-order valence-corrected chi connectivity index (χ4v) is 5.48. The molecule has 7 heteroatoms. The molecule has 2 aromatic carbocycles. The summed E-state index contributed by atoms with van der Waals surface area (Å²) in [7, 11) is 0. The molecule has 4 aromatic rings. The number of nitrogens with zero attached hydrogens (tertiary/aromatic N) is 3. The molecule has 0 saturated carbocycles. The van der Waals surface area contributed by atoms with Crippen molar-refractivity contribution in [3.05, 3.63) is 107 Å². The molecule has 7 nitrogen and oxygen atoms in total. The van der Waals surface area contributed by atoms with E-state index in [1.54, 1.807) is 29.2 Å². The highest BCUT2D eigenvalue weighted by molar-refractivity contribution is 6.23. The van der Waals surface area contributed by atoms with Crippen molar-refractivity contribution in [2.24, 2.45) is 0 Å². The number of rotatable bonds is 7. The quantitative estimate of drug-likeness (QED) is 0.332. The molecule has 2 N–H and O–H groups in total. The fourth-order valence-electron chi connectivity index (χ4n) is 5.48. The van der Waals surface area contributed by atoms with Crippen LogP contribution in [0.2, 0.25) is 0 Å². The van der Waals surface area contributed by atoms with Gasteiger partial charge in [-0.25, -0.2) is 0 Å². The van der Waals surface area contributed by atoms with Crippen molar-refractivity contribution in [2.75, 3.05) is 13.1 Å². The molecule has 1 aliphatic carbocycles. The first kappa shape index (κ1) is 25.1. The number of fused-ring (bicyclic) bond motifs is 1. The summed E-state index contributed by atoms with van der Waals surface area (Å²) in [6.45, 7) is 5.32. The number of H-pyrrole nitrogens is 1. The van der Waals surface area contributed by atoms with Crippen molar-refractivity contribution >= 4 is 28.2 Å². The summed E-state index contributed by atoms with van der Waals surface area (Å²) >= 11 is 0. The Labute approximate surface area is 228 Å². The van der Waals surface area contributed by atoms with E-state index in [0.29, 0.717) is 16.8 Å². The number of carbonyl (C=O) groups is 2. The lowest BCUT2D eigenvalue weighted by molar-refractivity contribution is -0.113. The summed E-state index contributed by atoms with van der Waals surface area (Å²) in [5.41, 5.74) is 5.84. The minimum absolute atomic E-state index is 0.00754. The van der Waals surface area contributed by atoms with Gasteiger partial charge in [0.1, 0.15) is 0 Å². The van der Waals surface area contributed by atoms with Crippen molar-refractivity contribution in [3.8, 4) is 0 Å². The number of carbonyl (C=O) groups excluding carboxylic acids is 2. The second kappa shape index (κ2) is 10.9. The third-order valence-electron chi connectivity index (χ3n) is 7.74. The predicted octanol–water partition coefficient (Wildman–Crippen LogP) is 5.63. The van der Waals surface area contributed by atoms with Gasteiger partial charge in [-0.1, -0.05) is 48.9 Å². The van der Waals surface area contributed by atoms with Crippen LogP contribution >= 0.6 is 0 Å². The Morgan fingerprint density at radius 3 is 2.72 bits per heavy atom. The molecule has 2 aromatic heterocycles. The monoisotopic (exact) mass is 519 g/mol. The van der Waals surface area contributed by atoms with Crippen LogP contribution in [0.3, 0.4) is 0 Å². The summed E-state index contributed by atoms with van der Waals surface area (Å²) in [6, 6.07) is 18.6. The van der Waals surface area contributed by atoms with E-state index in [1.807, 2.05) is 43.3 Å². The Morgan fingerprint density at radius 1 is 1.08 bits per heavy atom. The minimum Gasteiger partial charge on any atom is -0.354 e. The maximum absolute atomic E-state index is 13.0. The largest absolute Gasteiger partial charge is 0.354 e. The van der Waals surface area contributed by atoms with Crippen molar-refractivity contribution in [2.45, 2.75) is 45.2 Å². The number of benzene rings is 2. The first-order chi connectivity index (χ1) is 19.0. The van der Waals surface area contributed by atoms with Crippen molar-refractivity contribution in [1.82, 2.24) is 25.0 Å². The Bertz CT molecular complexity index is 1570. The van der Waals surface area contributed by atoms with Gasteiger partial charge in [-0.2, -0.15) is 5.10 Å². The molecule has 1 fully saturated rings. The predicted molar refractivity (Wildman–Crippen MR) is 153 cm³/mol. The first-order valence-electron chi connectivity index (χ1n) is 13.7. The van der Waals surface area contributed by atoms with Gasteiger partial charge in [0.25, 0.3) is 5.91 Å². The van der Waals surface area contributed by atoms with Crippen LogP contribution in [-0.2, 0) is 11.3 Å². The Balaban J connectivity index is 1.17. The van der Waals surface area contributed by atoms with Crippen LogP contribution in [0.4, 0.5) is 0 Å². The van der Waals surface area contributed by atoms with Crippen LogP contribution in [0.25, 0.3) is 16.5 Å². The van der Waals surface area contributed by atoms with E-state index < -0.39 is 0 Å². The van der Waals surface area contributed by atoms with E-state index in [1.165, 1.54) is 24.8 Å². The third kappa shape index (κ3) is 5.49. The Kier molecular flexibility index (Phi) is 6.99. The highest BCUT2D eigenvalue weighted by atomic mass is 16.1. The molecule has 198 valence electrons. The highest BCUT2D eigenvalue weighted by Crippen LogP contribution is 2.27. The second-order valence-electron chi connectivity index (χ2n) is 10.5. The molecule has 39 heavy (non-hydrogen) atoms. The van der Waals surface area contributed by atoms with Crippen LogP contribution in [0, 0.1) is 0 Å². The lowest BCUT2D eigenvalue weighted by Crippen LogP contribution is -2.28. The van der Waals surface area contributed by atoms with Gasteiger partial charge < -0.3 is 10.3 Å². The van der Waals surface area contributed by atoms with E-state index in [2.05, 4.69) is 38.5 Å². The van der Waals surface area contributed by atoms with Crippen molar-refractivity contribution in [3.63, 3.8) is 0 Å². The van der Waals surface area contributed by atoms with Gasteiger partial charge in [0.15, 0.2) is 5.78 Å². The average molecular weight is 520 g/mol. The zero-order valence-electron chi connectivity index (χ0n) is 22.2. The lowest BCUT2D eigenvalue weighted by atomic mass is 9.98. The van der Waals surface area contributed by atoms with Crippen molar-refractivity contribution in [1.29, 1.82) is 0 Å². The molecule has 6 rings (SSSR count). The molecular formula is C32H33N5O2. The number of piperidine rings is 1. The normalized spacial score (nSPS) is 17.1. The first-order valence-corrected chi connectivity index (χ1v) is 13.7. The molecule has 0 bridgehead atoms. The van der Waals surface area contributed by atoms with E-state index in [0.717, 1.165) is 41.8 Å². The summed E-state index contributed by atoms with van der Waals surface area (Å²) < 4.78 is 1.79. The molecular weight excluding hydrogens is 486 g/mol. The third-order valence-corrected chi connectivity index (χ3v) is 7.74. The van der Waals surface area contributed by atoms with Gasteiger partial charge in [-0.3, -0.25) is 19.2 Å². The average Bonchev–Trinajstić information content (AvgIpc) is 3.62. The standard InChI is InChI=1S/C32H33N5O2/c1-22(24-8-4-2-5-9-24)37-21-26(19-33-37)32(39)34-27-11-13-31(38)28(18-27)30-17-25-16-23(10-12-29(25)35-30)20-36-14-6-3-7-15-36/h2,4-5,8-12,16-19,21-22,35H,3,6-7,13-15,20H2,1H3,(H,34,39)/t22-/m0/s1. The van der Waals surface area contributed by atoms with Gasteiger partial charge in [0, 0.05) is 41.3 Å². The minimum atomic E-state index is -0.253. The molecule has 0 spiro atoms. The zero-order valence-corrected chi connectivity index (χ0v) is 22.2. The summed E-state index contributed by atoms with van der Waals surface area (Å²) in [6.07, 6.45) is 11.0. The maximum Gasteiger partial charge on any atom is 0.258 e. The smallest absolute Gasteiger partial charge is 0.258 e. The van der Waals surface area contributed by atoms with Gasteiger partial charge >= 0.3 is 0 Å². The number of likely N-dealkylation sites (tertiary alicyclic amines) is 1.